The average molecular weight is 622 g/mol. The second kappa shape index (κ2) is 9.79. The molecule has 3 aliphatic carbocycles. The second-order valence-electron chi connectivity index (χ2n) is 11.2. The van der Waals surface area contributed by atoms with Crippen LogP contribution in [0.1, 0.15) is 40.2 Å². The number of hydrogen-bond acceptors (Lipinski definition) is 11. The maximum Gasteiger partial charge on any atom is 0.267 e. The topological polar surface area (TPSA) is 230 Å². The van der Waals surface area contributed by atoms with Crippen LogP contribution in [0.5, 0.6) is 5.75 Å². The minimum absolute atomic E-state index is 0.000428. The Morgan fingerprint density at radius 1 is 1.07 bits per heavy atom. The molecule has 0 fully saturated rings. The van der Waals surface area contributed by atoms with Gasteiger partial charge in [-0.25, -0.2) is 8.42 Å². The van der Waals surface area contributed by atoms with Crippen LogP contribution in [0, 0.1) is 25.7 Å². The number of aliphatic hydroxyl groups is 3. The van der Waals surface area contributed by atoms with E-state index >= 15 is 0 Å². The molecule has 44 heavy (non-hydrogen) atoms. The standard InChI is InChI=1S/C30H27N3O10S/c1-12-26(13(2)43-32-12)44(41,42)33-17-5-3-14(4-6-17)18-7-8-20(34)23-19(18)10-15-9-16-11-21(35)24(29(31)39)28(38)30(16,40)27(37)22(15)25(23)36/h3-8,15-16,33-35,37,40H,9-11H2,1-2H3,(H2,31,39)/t15-,16+,30+/m1/s1. The fourth-order valence-corrected chi connectivity index (χ4v) is 8.06. The molecule has 0 spiro atoms. The fourth-order valence-electron chi connectivity index (χ4n) is 6.67. The van der Waals surface area contributed by atoms with Crippen LogP contribution >= 0.6 is 0 Å². The van der Waals surface area contributed by atoms with E-state index in [2.05, 4.69) is 9.88 Å². The van der Waals surface area contributed by atoms with Gasteiger partial charge in [0.1, 0.15) is 28.5 Å². The first-order valence-corrected chi connectivity index (χ1v) is 15.0. The van der Waals surface area contributed by atoms with Gasteiger partial charge in [0.25, 0.3) is 15.9 Å². The molecule has 1 heterocycles. The monoisotopic (exact) mass is 621 g/mol. The predicted octanol–water partition coefficient (Wildman–Crippen LogP) is 2.65. The quantitative estimate of drug-likeness (QED) is 0.227. The summed E-state index contributed by atoms with van der Waals surface area (Å²) >= 11 is 0. The highest BCUT2D eigenvalue weighted by atomic mass is 32.2. The number of primary amides is 1. The number of aryl methyl sites for hydroxylation is 2. The summed E-state index contributed by atoms with van der Waals surface area (Å²) in [6.45, 7) is 3.00. The SMILES string of the molecule is Cc1noc(C)c1S(=O)(=O)Nc1ccc(-c2ccc(O)c3c2C[C@H]2C[C@H]4CC(O)=C(C(N)=O)C(=O)[C@@]4(O)C(O)=C2C3=O)cc1. The summed E-state index contributed by atoms with van der Waals surface area (Å²) in [6.07, 6.45) is -0.202. The van der Waals surface area contributed by atoms with Crippen LogP contribution in [0.25, 0.3) is 11.1 Å². The molecule has 2 aromatic carbocycles. The maximum atomic E-state index is 13.8. The molecule has 0 aliphatic heterocycles. The number of nitrogens with zero attached hydrogens (tertiary/aromatic N) is 1. The van der Waals surface area contributed by atoms with Crippen LogP contribution in [-0.4, -0.2) is 57.1 Å². The van der Waals surface area contributed by atoms with Crippen LogP contribution in [0.3, 0.4) is 0 Å². The number of aromatic hydroxyl groups is 1. The van der Waals surface area contributed by atoms with Gasteiger partial charge in [-0.1, -0.05) is 23.4 Å². The van der Waals surface area contributed by atoms with E-state index in [4.69, 9.17) is 10.3 Å². The molecule has 0 bridgehead atoms. The molecule has 0 saturated carbocycles. The average Bonchev–Trinajstić information content (AvgIpc) is 3.29. The summed E-state index contributed by atoms with van der Waals surface area (Å²) in [7, 11) is -3.99. The number of carbonyl (C=O) groups is 3. The largest absolute Gasteiger partial charge is 0.511 e. The summed E-state index contributed by atoms with van der Waals surface area (Å²) in [5.41, 5.74) is 3.45. The van der Waals surface area contributed by atoms with Gasteiger partial charge in [0.15, 0.2) is 22.0 Å². The minimum Gasteiger partial charge on any atom is -0.511 e. The molecule has 0 saturated heterocycles. The number of phenolic OH excluding ortho intramolecular Hbond substituents is 1. The van der Waals surface area contributed by atoms with Crippen molar-refractivity contribution in [2.75, 3.05) is 4.72 Å². The smallest absolute Gasteiger partial charge is 0.267 e. The number of amides is 1. The second-order valence-corrected chi connectivity index (χ2v) is 12.9. The Balaban J connectivity index is 1.37. The van der Waals surface area contributed by atoms with Crippen molar-refractivity contribution < 1.29 is 47.8 Å². The number of aromatic nitrogens is 1. The van der Waals surface area contributed by atoms with Crippen molar-refractivity contribution in [3.63, 3.8) is 0 Å². The number of ketones is 2. The Morgan fingerprint density at radius 3 is 2.36 bits per heavy atom. The van der Waals surface area contributed by atoms with Crippen LogP contribution in [0.15, 0.2) is 68.5 Å². The Morgan fingerprint density at radius 2 is 1.75 bits per heavy atom. The van der Waals surface area contributed by atoms with Crippen LogP contribution in [0.4, 0.5) is 5.69 Å². The molecule has 3 aromatic rings. The van der Waals surface area contributed by atoms with Gasteiger partial charge in [-0.15, -0.1) is 0 Å². The summed E-state index contributed by atoms with van der Waals surface area (Å²) in [6, 6.07) is 9.25. The first kappa shape index (κ1) is 29.1. The van der Waals surface area contributed by atoms with E-state index in [9.17, 15) is 43.2 Å². The van der Waals surface area contributed by atoms with Crippen molar-refractivity contribution >= 4 is 33.2 Å². The van der Waals surface area contributed by atoms with Gasteiger partial charge in [0.2, 0.25) is 5.78 Å². The molecular weight excluding hydrogens is 594 g/mol. The highest BCUT2D eigenvalue weighted by molar-refractivity contribution is 7.92. The molecule has 6 rings (SSSR count). The summed E-state index contributed by atoms with van der Waals surface area (Å²) < 4.78 is 33.3. The lowest BCUT2D eigenvalue weighted by molar-refractivity contribution is -0.144. The number of allylic oxidation sites excluding steroid dienone is 2. The lowest BCUT2D eigenvalue weighted by Gasteiger charge is -2.45. The number of nitrogens with two attached hydrogens (primary N) is 1. The van der Waals surface area contributed by atoms with Crippen molar-refractivity contribution in [3.8, 4) is 16.9 Å². The number of aliphatic hydroxyl groups excluding tert-OH is 2. The number of rotatable bonds is 5. The number of phenols is 1. The van der Waals surface area contributed by atoms with Gasteiger partial charge < -0.3 is 30.7 Å². The van der Waals surface area contributed by atoms with E-state index in [0.29, 0.717) is 16.7 Å². The van der Waals surface area contributed by atoms with Crippen LogP contribution < -0.4 is 10.5 Å². The molecule has 0 unspecified atom stereocenters. The number of benzene rings is 2. The zero-order chi connectivity index (χ0) is 31.9. The molecule has 7 N–H and O–H groups in total. The molecule has 3 atom stereocenters. The van der Waals surface area contributed by atoms with E-state index in [1.165, 1.54) is 32.0 Å². The summed E-state index contributed by atoms with van der Waals surface area (Å²) in [4.78, 5) is 38.7. The van der Waals surface area contributed by atoms with Gasteiger partial charge in [-0.3, -0.25) is 19.1 Å². The number of Topliss-reactive ketones (excluding diaryl/α,β-unsaturated/α-hetero) is 2. The minimum atomic E-state index is -3.99. The van der Waals surface area contributed by atoms with Crippen molar-refractivity contribution in [2.45, 2.75) is 43.6 Å². The number of carbonyl (C=O) groups excluding carboxylic acids is 3. The third kappa shape index (κ3) is 4.12. The molecule has 3 aliphatic rings. The van der Waals surface area contributed by atoms with E-state index < -0.39 is 62.0 Å². The third-order valence-corrected chi connectivity index (χ3v) is 10.3. The van der Waals surface area contributed by atoms with E-state index in [1.807, 2.05) is 0 Å². The molecular formula is C30H27N3O10S. The van der Waals surface area contributed by atoms with Gasteiger partial charge in [-0.2, -0.15) is 0 Å². The Bertz CT molecular complexity index is 1950. The van der Waals surface area contributed by atoms with Crippen molar-refractivity contribution in [2.24, 2.45) is 17.6 Å². The van der Waals surface area contributed by atoms with Gasteiger partial charge in [0, 0.05) is 23.6 Å². The van der Waals surface area contributed by atoms with E-state index in [1.54, 1.807) is 18.2 Å². The van der Waals surface area contributed by atoms with E-state index in [-0.39, 0.29) is 58.2 Å². The lowest BCUT2D eigenvalue weighted by Crippen LogP contribution is -2.57. The van der Waals surface area contributed by atoms with Gasteiger partial charge in [-0.05, 0) is 67.5 Å². The molecule has 13 nitrogen and oxygen atoms in total. The fraction of sp³-hybridized carbons (Fsp3) is 0.267. The summed E-state index contributed by atoms with van der Waals surface area (Å²) in [5.74, 6) is -6.86. The maximum absolute atomic E-state index is 13.8. The van der Waals surface area contributed by atoms with Crippen molar-refractivity contribution in [1.29, 1.82) is 0 Å². The Hall–Kier alpha value is -4.95. The number of sulfonamides is 1. The van der Waals surface area contributed by atoms with E-state index in [0.717, 1.165) is 0 Å². The molecule has 228 valence electrons. The van der Waals surface area contributed by atoms with Gasteiger partial charge >= 0.3 is 0 Å². The zero-order valence-corrected chi connectivity index (χ0v) is 24.2. The molecule has 14 heteroatoms. The third-order valence-electron chi connectivity index (χ3n) is 8.63. The number of fused-ring (bicyclic) bond motifs is 3. The molecule has 1 aromatic heterocycles. The van der Waals surface area contributed by atoms with Crippen LogP contribution in [0.2, 0.25) is 0 Å². The Labute approximate surface area is 250 Å². The number of anilines is 1. The number of hydrogen-bond donors (Lipinski definition) is 6. The first-order chi connectivity index (χ1) is 20.7. The van der Waals surface area contributed by atoms with Gasteiger partial charge in [0.05, 0.1) is 5.56 Å². The number of nitrogens with one attached hydrogen (secondary N) is 1. The Kier molecular flexibility index (Phi) is 6.48. The lowest BCUT2D eigenvalue weighted by atomic mass is 9.60. The first-order valence-electron chi connectivity index (χ1n) is 13.5. The van der Waals surface area contributed by atoms with Crippen LogP contribution in [-0.2, 0) is 26.0 Å². The summed E-state index contributed by atoms with van der Waals surface area (Å²) in [5, 5.41) is 47.4. The highest BCUT2D eigenvalue weighted by Gasteiger charge is 2.59. The normalized spacial score (nSPS) is 23.2. The molecule has 1 amide bonds. The zero-order valence-electron chi connectivity index (χ0n) is 23.4. The van der Waals surface area contributed by atoms with Crippen molar-refractivity contribution in [3.05, 3.63) is 81.6 Å². The highest BCUT2D eigenvalue weighted by Crippen LogP contribution is 2.52. The van der Waals surface area contributed by atoms with Crippen molar-refractivity contribution in [1.82, 2.24) is 5.16 Å². The predicted molar refractivity (Wildman–Crippen MR) is 153 cm³/mol. The molecule has 0 radical (unpaired) electrons.